The number of carboxylic acid groups (broad SMARTS) is 1. The summed E-state index contributed by atoms with van der Waals surface area (Å²) in [6, 6.07) is 5.50. The Morgan fingerprint density at radius 1 is 1.17 bits per heavy atom. The van der Waals surface area contributed by atoms with Crippen molar-refractivity contribution >= 4 is 17.7 Å². The minimum Gasteiger partial charge on any atom is -0.493 e. The number of aliphatic carboxylic acids is 1. The highest BCUT2D eigenvalue weighted by Crippen LogP contribution is 2.28. The van der Waals surface area contributed by atoms with Crippen molar-refractivity contribution in [2.24, 2.45) is 5.92 Å². The summed E-state index contributed by atoms with van der Waals surface area (Å²) in [7, 11) is 0. The number of nitrogens with one attached hydrogen (secondary N) is 2. The largest absolute Gasteiger partial charge is 0.493 e. The molecule has 1 aliphatic carbocycles. The highest BCUT2D eigenvalue weighted by molar-refractivity contribution is 5.89. The van der Waals surface area contributed by atoms with E-state index in [1.54, 1.807) is 0 Å². The van der Waals surface area contributed by atoms with E-state index in [0.717, 1.165) is 36.4 Å². The van der Waals surface area contributed by atoms with E-state index in [0.29, 0.717) is 25.7 Å². The molecule has 1 saturated carbocycles. The van der Waals surface area contributed by atoms with Crippen LogP contribution in [-0.4, -0.2) is 29.8 Å². The number of benzene rings is 1. The van der Waals surface area contributed by atoms with E-state index in [4.69, 9.17) is 9.84 Å². The van der Waals surface area contributed by atoms with Gasteiger partial charge in [-0.3, -0.25) is 4.79 Å². The van der Waals surface area contributed by atoms with Gasteiger partial charge >= 0.3 is 12.0 Å². The molecule has 0 aromatic heterocycles. The molecule has 0 bridgehead atoms. The molecule has 0 radical (unpaired) electrons. The molecule has 3 N–H and O–H groups in total. The first-order valence-electron chi connectivity index (χ1n) is 8.18. The summed E-state index contributed by atoms with van der Waals surface area (Å²) in [5, 5.41) is 14.8. The van der Waals surface area contributed by atoms with Crippen LogP contribution in [-0.2, 0) is 11.2 Å². The number of fused-ring (bicyclic) bond motifs is 1. The molecule has 0 spiro atoms. The number of urea groups is 1. The van der Waals surface area contributed by atoms with Crippen molar-refractivity contribution in [3.05, 3.63) is 23.8 Å². The van der Waals surface area contributed by atoms with E-state index in [-0.39, 0.29) is 18.0 Å². The zero-order valence-corrected chi connectivity index (χ0v) is 13.0. The Labute approximate surface area is 135 Å². The SMILES string of the molecule is O=C(Nc1ccc2c(c1)CCCO2)NC1CCC(C(=O)O)CC1. The molecule has 0 unspecified atom stereocenters. The van der Waals surface area contributed by atoms with Crippen molar-refractivity contribution in [2.45, 2.75) is 44.6 Å². The molecule has 1 aromatic rings. The molecule has 1 fully saturated rings. The van der Waals surface area contributed by atoms with Crippen LogP contribution in [0.25, 0.3) is 0 Å². The molecule has 2 amide bonds. The van der Waals surface area contributed by atoms with Gasteiger partial charge in [-0.1, -0.05) is 0 Å². The maximum absolute atomic E-state index is 12.1. The second-order valence-electron chi connectivity index (χ2n) is 6.26. The molecule has 2 aliphatic rings. The molecule has 23 heavy (non-hydrogen) atoms. The smallest absolute Gasteiger partial charge is 0.319 e. The van der Waals surface area contributed by atoms with E-state index >= 15 is 0 Å². The number of ether oxygens (including phenoxy) is 1. The zero-order chi connectivity index (χ0) is 16.2. The van der Waals surface area contributed by atoms with E-state index in [9.17, 15) is 9.59 Å². The van der Waals surface area contributed by atoms with Gasteiger partial charge in [-0.25, -0.2) is 4.79 Å². The fourth-order valence-electron chi connectivity index (χ4n) is 3.28. The van der Waals surface area contributed by atoms with Crippen LogP contribution in [0, 0.1) is 5.92 Å². The molecule has 6 heteroatoms. The van der Waals surface area contributed by atoms with E-state index in [1.807, 2.05) is 18.2 Å². The predicted molar refractivity (Wildman–Crippen MR) is 85.8 cm³/mol. The average Bonchev–Trinajstić information content (AvgIpc) is 2.55. The maximum atomic E-state index is 12.1. The number of carbonyl (C=O) groups is 2. The van der Waals surface area contributed by atoms with Crippen molar-refractivity contribution < 1.29 is 19.4 Å². The van der Waals surface area contributed by atoms with Gasteiger partial charge in [0.25, 0.3) is 0 Å². The monoisotopic (exact) mass is 318 g/mol. The van der Waals surface area contributed by atoms with Gasteiger partial charge in [-0.15, -0.1) is 0 Å². The van der Waals surface area contributed by atoms with Crippen LogP contribution in [0.3, 0.4) is 0 Å². The Kier molecular flexibility index (Phi) is 4.69. The number of rotatable bonds is 3. The second kappa shape index (κ2) is 6.89. The van der Waals surface area contributed by atoms with E-state index in [1.165, 1.54) is 0 Å². The minimum atomic E-state index is -0.732. The molecular weight excluding hydrogens is 296 g/mol. The number of aryl methyl sites for hydroxylation is 1. The standard InChI is InChI=1S/C17H22N2O4/c20-16(21)11-3-5-13(6-4-11)18-17(22)19-14-7-8-15-12(10-14)2-1-9-23-15/h7-8,10-11,13H,1-6,9H2,(H,20,21)(H2,18,19,22). The van der Waals surface area contributed by atoms with Crippen molar-refractivity contribution in [1.82, 2.24) is 5.32 Å². The average molecular weight is 318 g/mol. The van der Waals surface area contributed by atoms with Crippen LogP contribution in [0.1, 0.15) is 37.7 Å². The molecule has 0 atom stereocenters. The lowest BCUT2D eigenvalue weighted by Crippen LogP contribution is -2.41. The number of hydrogen-bond donors (Lipinski definition) is 3. The minimum absolute atomic E-state index is 0.0477. The van der Waals surface area contributed by atoms with Crippen LogP contribution in [0.15, 0.2) is 18.2 Å². The zero-order valence-electron chi connectivity index (χ0n) is 13.0. The fourth-order valence-corrected chi connectivity index (χ4v) is 3.28. The van der Waals surface area contributed by atoms with Crippen LogP contribution in [0.5, 0.6) is 5.75 Å². The molecule has 3 rings (SSSR count). The quantitative estimate of drug-likeness (QED) is 0.799. The summed E-state index contributed by atoms with van der Waals surface area (Å²) in [5.41, 5.74) is 1.88. The Hall–Kier alpha value is -2.24. The number of carbonyl (C=O) groups excluding carboxylic acids is 1. The Balaban J connectivity index is 1.51. The van der Waals surface area contributed by atoms with Crippen molar-refractivity contribution in [3.8, 4) is 5.75 Å². The summed E-state index contributed by atoms with van der Waals surface area (Å²) in [6.07, 6.45) is 4.62. The van der Waals surface area contributed by atoms with Crippen LogP contribution in [0.2, 0.25) is 0 Å². The molecule has 124 valence electrons. The predicted octanol–water partition coefficient (Wildman–Crippen LogP) is 2.78. The van der Waals surface area contributed by atoms with Crippen LogP contribution >= 0.6 is 0 Å². The number of carboxylic acids is 1. The Bertz CT molecular complexity index is 594. The van der Waals surface area contributed by atoms with Gasteiger partial charge < -0.3 is 20.5 Å². The summed E-state index contributed by atoms with van der Waals surface area (Å²) >= 11 is 0. The number of anilines is 1. The topological polar surface area (TPSA) is 87.7 Å². The lowest BCUT2D eigenvalue weighted by Gasteiger charge is -2.27. The Morgan fingerprint density at radius 3 is 2.70 bits per heavy atom. The first-order valence-corrected chi connectivity index (χ1v) is 8.18. The summed E-state index contributed by atoms with van der Waals surface area (Å²) in [6.45, 7) is 0.749. The first kappa shape index (κ1) is 15.6. The lowest BCUT2D eigenvalue weighted by atomic mass is 9.86. The van der Waals surface area contributed by atoms with Gasteiger partial charge in [0, 0.05) is 11.7 Å². The molecular formula is C17H22N2O4. The van der Waals surface area contributed by atoms with Crippen LogP contribution in [0.4, 0.5) is 10.5 Å². The third-order valence-corrected chi connectivity index (χ3v) is 4.58. The number of amides is 2. The second-order valence-corrected chi connectivity index (χ2v) is 6.26. The van der Waals surface area contributed by atoms with Crippen molar-refractivity contribution in [3.63, 3.8) is 0 Å². The van der Waals surface area contributed by atoms with Gasteiger partial charge in [0.15, 0.2) is 0 Å². The maximum Gasteiger partial charge on any atom is 0.319 e. The summed E-state index contributed by atoms with van der Waals surface area (Å²) in [5.74, 6) is -0.102. The Morgan fingerprint density at radius 2 is 1.96 bits per heavy atom. The van der Waals surface area contributed by atoms with Crippen molar-refractivity contribution in [1.29, 1.82) is 0 Å². The van der Waals surface area contributed by atoms with Crippen LogP contribution < -0.4 is 15.4 Å². The van der Waals surface area contributed by atoms with Crippen molar-refractivity contribution in [2.75, 3.05) is 11.9 Å². The van der Waals surface area contributed by atoms with Gasteiger partial charge in [-0.2, -0.15) is 0 Å². The first-order chi connectivity index (χ1) is 11.1. The molecule has 6 nitrogen and oxygen atoms in total. The summed E-state index contributed by atoms with van der Waals surface area (Å²) in [4.78, 5) is 23.0. The van der Waals surface area contributed by atoms with Gasteiger partial charge in [0.05, 0.1) is 12.5 Å². The fraction of sp³-hybridized carbons (Fsp3) is 0.529. The normalized spacial score (nSPS) is 23.3. The highest BCUT2D eigenvalue weighted by atomic mass is 16.5. The lowest BCUT2D eigenvalue weighted by molar-refractivity contribution is -0.142. The van der Waals surface area contributed by atoms with E-state index in [2.05, 4.69) is 10.6 Å². The molecule has 0 saturated heterocycles. The number of hydrogen-bond acceptors (Lipinski definition) is 3. The van der Waals surface area contributed by atoms with Gasteiger partial charge in [0.1, 0.15) is 5.75 Å². The summed E-state index contributed by atoms with van der Waals surface area (Å²) < 4.78 is 5.56. The van der Waals surface area contributed by atoms with E-state index < -0.39 is 5.97 Å². The highest BCUT2D eigenvalue weighted by Gasteiger charge is 2.26. The molecule has 1 aromatic carbocycles. The third-order valence-electron chi connectivity index (χ3n) is 4.58. The van der Waals surface area contributed by atoms with Gasteiger partial charge in [0.2, 0.25) is 0 Å². The third kappa shape index (κ3) is 3.94. The van der Waals surface area contributed by atoms with Gasteiger partial charge in [-0.05, 0) is 62.3 Å². The molecule has 1 aliphatic heterocycles. The molecule has 1 heterocycles.